The van der Waals surface area contributed by atoms with Crippen LogP contribution in [0.2, 0.25) is 20.1 Å². The van der Waals surface area contributed by atoms with Gasteiger partial charge in [-0.05, 0) is 45.5 Å². The number of halogens is 8. The summed E-state index contributed by atoms with van der Waals surface area (Å²) in [6, 6.07) is 3.24. The minimum atomic E-state index is -0.583. The van der Waals surface area contributed by atoms with Crippen molar-refractivity contribution in [3.05, 3.63) is 54.5 Å². The Labute approximate surface area is 178 Å². The van der Waals surface area contributed by atoms with E-state index in [4.69, 9.17) is 92.8 Å². The van der Waals surface area contributed by atoms with Gasteiger partial charge >= 0.3 is 0 Å². The van der Waals surface area contributed by atoms with Gasteiger partial charge in [0.1, 0.15) is 0 Å². The highest BCUT2D eigenvalue weighted by atomic mass is 35.5. The largest absolute Gasteiger partial charge is 0.116 e. The standard InChI is InChI=1S/C16H6Cl8/c17-3-1-4(18)8-11-7(3)13(21)15(23)9-5(19)2-6(20)10(12(9)11)16(24)14(8)22/h1-2,13-16H/t13-,14-,15-,16+/m0/s1. The van der Waals surface area contributed by atoms with E-state index in [0.717, 1.165) is 11.1 Å². The molecule has 2 aromatic carbocycles. The Morgan fingerprint density at radius 1 is 0.458 bits per heavy atom. The molecule has 0 saturated carbocycles. The molecule has 4 rings (SSSR count). The summed E-state index contributed by atoms with van der Waals surface area (Å²) in [6.07, 6.45) is 0. The summed E-state index contributed by atoms with van der Waals surface area (Å²) in [5.74, 6) is 0. The molecule has 2 aliphatic rings. The Bertz CT molecular complexity index is 753. The van der Waals surface area contributed by atoms with Crippen molar-refractivity contribution in [1.29, 1.82) is 0 Å². The van der Waals surface area contributed by atoms with Crippen molar-refractivity contribution in [3.8, 4) is 11.1 Å². The summed E-state index contributed by atoms with van der Waals surface area (Å²) in [4.78, 5) is 0. The van der Waals surface area contributed by atoms with Gasteiger partial charge in [-0.15, -0.1) is 46.4 Å². The zero-order valence-electron chi connectivity index (χ0n) is 11.5. The molecule has 0 heterocycles. The Kier molecular flexibility index (Phi) is 4.64. The van der Waals surface area contributed by atoms with Crippen molar-refractivity contribution in [2.24, 2.45) is 0 Å². The van der Waals surface area contributed by atoms with Crippen LogP contribution in [0, 0.1) is 0 Å². The van der Waals surface area contributed by atoms with Crippen LogP contribution in [0.1, 0.15) is 43.8 Å². The lowest BCUT2D eigenvalue weighted by Gasteiger charge is -2.39. The van der Waals surface area contributed by atoms with Gasteiger partial charge in [0, 0.05) is 20.1 Å². The number of rotatable bonds is 0. The first-order valence-corrected chi connectivity index (χ1v) is 10.1. The SMILES string of the molecule is Clc1cc(Cl)c2c3c1[C@@H](Cl)[C@@H](Cl)c1c(Cl)cc(Cl)c(c1-3)[C@H](Cl)[C@H]2Cl. The lowest BCUT2D eigenvalue weighted by atomic mass is 9.74. The quantitative estimate of drug-likeness (QED) is 0.329. The summed E-state index contributed by atoms with van der Waals surface area (Å²) in [6.45, 7) is 0. The van der Waals surface area contributed by atoms with Crippen LogP contribution in [0.4, 0.5) is 0 Å². The molecular formula is C16H6Cl8. The van der Waals surface area contributed by atoms with Crippen LogP contribution in [-0.4, -0.2) is 0 Å². The number of hydrogen-bond acceptors (Lipinski definition) is 0. The van der Waals surface area contributed by atoms with E-state index in [-0.39, 0.29) is 0 Å². The van der Waals surface area contributed by atoms with E-state index in [1.54, 1.807) is 12.1 Å². The molecule has 0 nitrogen and oxygen atoms in total. The van der Waals surface area contributed by atoms with Gasteiger partial charge in [-0.25, -0.2) is 0 Å². The second kappa shape index (κ2) is 6.14. The van der Waals surface area contributed by atoms with E-state index in [1.165, 1.54) is 0 Å². The fourth-order valence-corrected chi connectivity index (χ4v) is 6.53. The summed E-state index contributed by atoms with van der Waals surface area (Å²) in [5.41, 5.74) is 4.21. The third kappa shape index (κ3) is 2.28. The lowest BCUT2D eigenvalue weighted by Crippen LogP contribution is -2.21. The van der Waals surface area contributed by atoms with E-state index >= 15 is 0 Å². The first-order chi connectivity index (χ1) is 11.3. The molecule has 126 valence electrons. The van der Waals surface area contributed by atoms with Crippen LogP contribution in [0.25, 0.3) is 11.1 Å². The molecule has 24 heavy (non-hydrogen) atoms. The van der Waals surface area contributed by atoms with Crippen LogP contribution >= 0.6 is 92.8 Å². The summed E-state index contributed by atoms with van der Waals surface area (Å²) < 4.78 is 0. The molecule has 0 amide bonds. The molecule has 0 aromatic heterocycles. The van der Waals surface area contributed by atoms with E-state index in [1.807, 2.05) is 0 Å². The zero-order chi connectivity index (χ0) is 17.5. The molecule has 0 aliphatic heterocycles. The van der Waals surface area contributed by atoms with Crippen molar-refractivity contribution < 1.29 is 0 Å². The molecule has 4 atom stereocenters. The summed E-state index contributed by atoms with van der Waals surface area (Å²) in [5, 5.41) is -0.634. The Morgan fingerprint density at radius 3 is 0.875 bits per heavy atom. The molecule has 0 N–H and O–H groups in total. The number of benzene rings is 2. The highest BCUT2D eigenvalue weighted by Crippen LogP contribution is 2.64. The maximum Gasteiger partial charge on any atom is 0.0811 e. The number of alkyl halides is 4. The van der Waals surface area contributed by atoms with Gasteiger partial charge in [0.15, 0.2) is 0 Å². The average molecular weight is 482 g/mol. The van der Waals surface area contributed by atoms with E-state index in [2.05, 4.69) is 0 Å². The lowest BCUT2D eigenvalue weighted by molar-refractivity contribution is 0.809. The van der Waals surface area contributed by atoms with Gasteiger partial charge < -0.3 is 0 Å². The van der Waals surface area contributed by atoms with E-state index in [0.29, 0.717) is 42.3 Å². The fraction of sp³-hybridized carbons (Fsp3) is 0.250. The van der Waals surface area contributed by atoms with E-state index in [9.17, 15) is 0 Å². The molecule has 2 aromatic rings. The van der Waals surface area contributed by atoms with Gasteiger partial charge in [0.2, 0.25) is 0 Å². The Hall–Kier alpha value is 0.760. The third-order valence-electron chi connectivity index (χ3n) is 4.48. The third-order valence-corrected chi connectivity index (χ3v) is 7.87. The van der Waals surface area contributed by atoms with Crippen LogP contribution in [-0.2, 0) is 0 Å². The summed E-state index contributed by atoms with van der Waals surface area (Å²) >= 11 is 52.1. The minimum Gasteiger partial charge on any atom is -0.116 e. The smallest absolute Gasteiger partial charge is 0.0811 e. The topological polar surface area (TPSA) is 0 Å². The molecule has 0 saturated heterocycles. The van der Waals surface area contributed by atoms with Crippen LogP contribution in [0.3, 0.4) is 0 Å². The molecule has 0 radical (unpaired) electrons. The van der Waals surface area contributed by atoms with Crippen molar-refractivity contribution in [3.63, 3.8) is 0 Å². The van der Waals surface area contributed by atoms with E-state index < -0.39 is 21.5 Å². The predicted molar refractivity (Wildman–Crippen MR) is 106 cm³/mol. The Balaban J connectivity index is 2.27. The molecular weight excluding hydrogens is 476 g/mol. The summed E-state index contributed by atoms with van der Waals surface area (Å²) in [7, 11) is 0. The van der Waals surface area contributed by atoms with Gasteiger partial charge in [-0.2, -0.15) is 0 Å². The molecule has 0 unspecified atom stereocenters. The highest BCUT2D eigenvalue weighted by Gasteiger charge is 2.45. The highest BCUT2D eigenvalue weighted by molar-refractivity contribution is 6.43. The molecule has 0 fully saturated rings. The van der Waals surface area contributed by atoms with Crippen molar-refractivity contribution >= 4 is 92.8 Å². The van der Waals surface area contributed by atoms with Gasteiger partial charge in [0.25, 0.3) is 0 Å². The van der Waals surface area contributed by atoms with Crippen LogP contribution < -0.4 is 0 Å². The average Bonchev–Trinajstić information content (AvgIpc) is 2.49. The predicted octanol–water partition coefficient (Wildman–Crippen LogP) is 9.11. The monoisotopic (exact) mass is 478 g/mol. The second-order valence-corrected chi connectivity index (χ2v) is 9.20. The van der Waals surface area contributed by atoms with Crippen molar-refractivity contribution in [2.75, 3.05) is 0 Å². The first-order valence-electron chi connectivity index (χ1n) is 6.85. The maximum atomic E-state index is 6.60. The molecule has 0 bridgehead atoms. The second-order valence-electron chi connectivity index (χ2n) is 5.69. The van der Waals surface area contributed by atoms with Gasteiger partial charge in [-0.3, -0.25) is 0 Å². The fourth-order valence-electron chi connectivity index (χ4n) is 3.50. The molecule has 2 aliphatic carbocycles. The van der Waals surface area contributed by atoms with Crippen LogP contribution in [0.15, 0.2) is 12.1 Å². The van der Waals surface area contributed by atoms with Gasteiger partial charge in [-0.1, -0.05) is 46.4 Å². The molecule has 0 spiro atoms. The van der Waals surface area contributed by atoms with Gasteiger partial charge in [0.05, 0.1) is 21.5 Å². The maximum absolute atomic E-state index is 6.60. The molecule has 8 heteroatoms. The van der Waals surface area contributed by atoms with Crippen molar-refractivity contribution in [1.82, 2.24) is 0 Å². The first kappa shape index (κ1) is 18.1. The normalized spacial score (nSPS) is 27.2. The van der Waals surface area contributed by atoms with Crippen LogP contribution in [0.5, 0.6) is 0 Å². The zero-order valence-corrected chi connectivity index (χ0v) is 17.5. The Morgan fingerprint density at radius 2 is 0.667 bits per heavy atom. The van der Waals surface area contributed by atoms with Crippen molar-refractivity contribution in [2.45, 2.75) is 21.5 Å². The minimum absolute atomic E-state index is 0.425. The number of hydrogen-bond donors (Lipinski definition) is 0.